The van der Waals surface area contributed by atoms with Gasteiger partial charge in [0.05, 0.1) is 32.6 Å². The largest absolute Gasteiger partial charge is 0.310 e. The lowest BCUT2D eigenvalue weighted by Gasteiger charge is -2.17. The molecule has 0 aliphatic rings. The Morgan fingerprint density at radius 3 is 1.16 bits per heavy atom. The molecule has 4 N–H and O–H groups in total. The maximum Gasteiger partial charge on any atom is 0.164 e. The van der Waals surface area contributed by atoms with Crippen molar-refractivity contribution in [2.75, 3.05) is 75.2 Å². The standard InChI is InChI=1S/C11H22N2OS2.C10H20N2O2S2.C9H20.C8H18/c1-5-9(7-15-3)13-6-11(14)10(12-2)8-16-4;1-11-9(7-16-3)10(14)4-12-8(5-13)6-15-2;1-3-5-7-9-8-6-4-2;1-3-5-7-8-6-4-2/h5,9-10,12-13H,1,6-8H2,2-4H3;5,8-9,11-12H,4,6-7H2,1-3H3;3-9H2,1-2H3;3-8H2,1-2H3/i2*5T;;. The SMILES string of the molecule is CCCCCCCC.CCCCCCCCC.[3H]C(=C)C(CSC)NCC(=O)C(CSC)NC.[3H]C(=O)C(CSC)NCC(=O)C(CSC)NC. The fraction of sp³-hybridized carbons (Fsp3) is 0.868. The first kappa shape index (κ1) is 51.1. The topological polar surface area (TPSA) is 99.3 Å². The molecule has 4 atom stereocenters. The Labute approximate surface area is 325 Å². The first-order valence-electron chi connectivity index (χ1n) is 19.4. The molecule has 0 spiro atoms. The lowest BCUT2D eigenvalue weighted by molar-refractivity contribution is -0.120. The zero-order valence-electron chi connectivity index (χ0n) is 35.3. The average molecular weight is 773 g/mol. The van der Waals surface area contributed by atoms with Gasteiger partial charge in [0.15, 0.2) is 11.6 Å². The van der Waals surface area contributed by atoms with E-state index in [2.05, 4.69) is 55.5 Å². The van der Waals surface area contributed by atoms with E-state index in [1.165, 1.54) is 95.2 Å². The molecule has 0 aliphatic heterocycles. The number of rotatable bonds is 31. The summed E-state index contributed by atoms with van der Waals surface area (Å²) in [5.41, 5.74) is 0. The van der Waals surface area contributed by atoms with Crippen LogP contribution in [0, 0.1) is 0 Å². The maximum absolute atomic E-state index is 11.9. The molecule has 0 saturated carbocycles. The van der Waals surface area contributed by atoms with Crippen LogP contribution in [-0.4, -0.2) is 117 Å². The second-order valence-corrected chi connectivity index (χ2v) is 15.5. The van der Waals surface area contributed by atoms with Gasteiger partial charge in [-0.25, -0.2) is 0 Å². The van der Waals surface area contributed by atoms with Crippen LogP contribution in [-0.2, 0) is 14.4 Å². The molecule has 0 saturated heterocycles. The molecule has 7 nitrogen and oxygen atoms in total. The Balaban J connectivity index is -0.000000304. The number of unbranched alkanes of at least 4 members (excludes halogenated alkanes) is 11. The van der Waals surface area contributed by atoms with E-state index in [0.717, 1.165) is 11.5 Å². The van der Waals surface area contributed by atoms with Crippen LogP contribution in [0.5, 0.6) is 0 Å². The van der Waals surface area contributed by atoms with Crippen LogP contribution in [0.1, 0.15) is 114 Å². The van der Waals surface area contributed by atoms with Crippen LogP contribution >= 0.6 is 47.0 Å². The monoisotopic (exact) mass is 773 g/mol. The van der Waals surface area contributed by atoms with E-state index in [0.29, 0.717) is 17.6 Å². The third-order valence-corrected chi connectivity index (χ3v) is 10.1. The maximum atomic E-state index is 11.9. The summed E-state index contributed by atoms with van der Waals surface area (Å²) in [5, 5.41) is 11.9. The highest BCUT2D eigenvalue weighted by Gasteiger charge is 2.17. The minimum atomic E-state index is -0.668. The zero-order valence-corrected chi connectivity index (χ0v) is 36.6. The molecule has 0 aromatic heterocycles. The minimum absolute atomic E-state index is 0.0224. The smallest absolute Gasteiger partial charge is 0.164 e. The number of carbonyl (C=O) groups is 3. The Hall–Kier alpha value is -0.0100. The summed E-state index contributed by atoms with van der Waals surface area (Å²) in [7, 11) is 3.54. The average Bonchev–Trinajstić information content (AvgIpc) is 3.11. The molecular weight excluding hydrogens is 689 g/mol. The molecule has 49 heavy (non-hydrogen) atoms. The third kappa shape index (κ3) is 42.3. The van der Waals surface area contributed by atoms with Gasteiger partial charge in [-0.2, -0.15) is 47.0 Å². The summed E-state index contributed by atoms with van der Waals surface area (Å²) in [6, 6.07) is -0.654. The van der Waals surface area contributed by atoms with Crippen LogP contribution in [0.3, 0.4) is 0 Å². The van der Waals surface area contributed by atoms with Crippen molar-refractivity contribution in [1.82, 2.24) is 21.3 Å². The van der Waals surface area contributed by atoms with Crippen molar-refractivity contribution in [3.63, 3.8) is 0 Å². The fourth-order valence-corrected chi connectivity index (χ4v) is 6.70. The number of thioether (sulfide) groups is 4. The molecular formula is C38H80N4O3S4. The van der Waals surface area contributed by atoms with Gasteiger partial charge >= 0.3 is 0 Å². The quantitative estimate of drug-likeness (QED) is 0.0312. The molecule has 0 aromatic rings. The molecule has 4 unspecified atom stereocenters. The summed E-state index contributed by atoms with van der Waals surface area (Å²) >= 11 is 6.36. The van der Waals surface area contributed by atoms with Crippen LogP contribution in [0.2, 0.25) is 0 Å². The number of Topliss-reactive ketones (excluding diaryl/α,β-unsaturated/α-hetero) is 2. The van der Waals surface area contributed by atoms with Crippen molar-refractivity contribution in [3.05, 3.63) is 12.6 Å². The summed E-state index contributed by atoms with van der Waals surface area (Å²) < 4.78 is 14.6. The highest BCUT2D eigenvalue weighted by molar-refractivity contribution is 7.99. The van der Waals surface area contributed by atoms with Crippen LogP contribution < -0.4 is 21.3 Å². The Kier molecular flexibility index (Phi) is 50.0. The predicted molar refractivity (Wildman–Crippen MR) is 232 cm³/mol. The second-order valence-electron chi connectivity index (χ2n) is 11.8. The van der Waals surface area contributed by atoms with Crippen molar-refractivity contribution in [2.45, 2.75) is 135 Å². The van der Waals surface area contributed by atoms with Gasteiger partial charge in [0, 0.05) is 29.1 Å². The lowest BCUT2D eigenvalue weighted by Crippen LogP contribution is -2.45. The summed E-state index contributed by atoms with van der Waals surface area (Å²) in [4.78, 5) is 34.6. The number of ketones is 2. The fourth-order valence-electron chi connectivity index (χ4n) is 4.24. The molecule has 0 amide bonds. The molecule has 0 radical (unpaired) electrons. The Bertz CT molecular complexity index is 742. The zero-order chi connectivity index (χ0) is 39.7. The highest BCUT2D eigenvalue weighted by Crippen LogP contribution is 2.06. The van der Waals surface area contributed by atoms with Crippen LogP contribution in [0.4, 0.5) is 0 Å². The predicted octanol–water partition coefficient (Wildman–Crippen LogP) is 8.16. The first-order valence-corrected chi connectivity index (χ1v) is 24.0. The number of nitrogens with one attached hydrogen (secondary N) is 4. The Morgan fingerprint density at radius 1 is 0.592 bits per heavy atom. The van der Waals surface area contributed by atoms with E-state index in [-0.39, 0.29) is 42.8 Å². The molecule has 0 heterocycles. The van der Waals surface area contributed by atoms with E-state index < -0.39 is 12.3 Å². The third-order valence-electron chi connectivity index (χ3n) is 7.41. The molecule has 11 heteroatoms. The van der Waals surface area contributed by atoms with E-state index in [1.54, 1.807) is 49.4 Å². The molecule has 0 rings (SSSR count). The molecule has 294 valence electrons. The van der Waals surface area contributed by atoms with Crippen molar-refractivity contribution < 1.29 is 17.1 Å². The van der Waals surface area contributed by atoms with Gasteiger partial charge in [-0.05, 0) is 39.1 Å². The number of hydrogen-bond acceptors (Lipinski definition) is 11. The van der Waals surface area contributed by atoms with Gasteiger partial charge in [-0.15, -0.1) is 6.58 Å². The minimum Gasteiger partial charge on any atom is -0.310 e. The second kappa shape index (κ2) is 48.0. The highest BCUT2D eigenvalue weighted by atomic mass is 32.2. The molecule has 0 fully saturated rings. The Morgan fingerprint density at radius 2 is 0.898 bits per heavy atom. The summed E-state index contributed by atoms with van der Waals surface area (Å²) in [5.74, 6) is 2.92. The summed E-state index contributed by atoms with van der Waals surface area (Å²) in [6.45, 7) is 13.1. The van der Waals surface area contributed by atoms with Gasteiger partial charge in [-0.3, -0.25) is 9.59 Å². The van der Waals surface area contributed by atoms with E-state index in [1.807, 2.05) is 25.0 Å². The first-order chi connectivity index (χ1) is 24.5. The van der Waals surface area contributed by atoms with E-state index in [4.69, 9.17) is 2.74 Å². The van der Waals surface area contributed by atoms with Crippen LogP contribution in [0.25, 0.3) is 0 Å². The lowest BCUT2D eigenvalue weighted by atomic mass is 10.1. The number of likely N-dealkylation sites (N-methyl/N-ethyl adjacent to an activating group) is 2. The summed E-state index contributed by atoms with van der Waals surface area (Å²) in [6.07, 6.45) is 25.6. The van der Waals surface area contributed by atoms with Crippen molar-refractivity contribution in [3.8, 4) is 0 Å². The van der Waals surface area contributed by atoms with E-state index in [9.17, 15) is 14.4 Å². The number of carbonyl (C=O) groups excluding carboxylic acids is 3. The van der Waals surface area contributed by atoms with Crippen molar-refractivity contribution in [2.24, 2.45) is 0 Å². The van der Waals surface area contributed by atoms with Crippen LogP contribution in [0.15, 0.2) is 12.6 Å². The van der Waals surface area contributed by atoms with Gasteiger partial charge in [0.2, 0.25) is 0 Å². The molecule has 0 bridgehead atoms. The van der Waals surface area contributed by atoms with Crippen molar-refractivity contribution >= 4 is 64.9 Å². The van der Waals surface area contributed by atoms with Gasteiger partial charge < -0.3 is 26.1 Å². The number of hydrogen-bond donors (Lipinski definition) is 4. The molecule has 0 aromatic carbocycles. The normalized spacial score (nSPS) is 13.4. The number of aldehydes is 1. The van der Waals surface area contributed by atoms with E-state index >= 15 is 0 Å². The van der Waals surface area contributed by atoms with Gasteiger partial charge in [0.25, 0.3) is 0 Å². The van der Waals surface area contributed by atoms with Gasteiger partial charge in [0.1, 0.15) is 7.63 Å². The molecule has 0 aliphatic carbocycles. The van der Waals surface area contributed by atoms with Crippen molar-refractivity contribution in [1.29, 1.82) is 0 Å². The van der Waals surface area contributed by atoms with Gasteiger partial charge in [-0.1, -0.05) is 117 Å².